The average Bonchev–Trinajstić information content (AvgIpc) is 3.23. The maximum atomic E-state index is 11.3. The van der Waals surface area contributed by atoms with E-state index >= 15 is 0 Å². The van der Waals surface area contributed by atoms with Gasteiger partial charge in [-0.1, -0.05) is 29.3 Å². The van der Waals surface area contributed by atoms with Crippen LogP contribution in [0.25, 0.3) is 0 Å². The molecule has 148 valence electrons. The molecule has 0 N–H and O–H groups in total. The molecule has 1 aliphatic heterocycles. The van der Waals surface area contributed by atoms with E-state index in [-0.39, 0.29) is 13.2 Å². The third-order valence-electron chi connectivity index (χ3n) is 4.05. The van der Waals surface area contributed by atoms with Crippen molar-refractivity contribution in [2.75, 3.05) is 19.5 Å². The van der Waals surface area contributed by atoms with Gasteiger partial charge in [0.1, 0.15) is 6.10 Å². The molecule has 3 rings (SSSR count). The van der Waals surface area contributed by atoms with Crippen LogP contribution in [-0.4, -0.2) is 39.0 Å². The predicted octanol–water partition coefficient (Wildman–Crippen LogP) is 4.02. The van der Waals surface area contributed by atoms with Gasteiger partial charge in [-0.25, -0.2) is 4.98 Å². The van der Waals surface area contributed by atoms with E-state index in [1.807, 2.05) is 5.38 Å². The lowest BCUT2D eigenvalue weighted by atomic mass is 9.99. The molecular weight excluding hydrogens is 433 g/mol. The quantitative estimate of drug-likeness (QED) is 0.564. The van der Waals surface area contributed by atoms with Crippen molar-refractivity contribution >= 4 is 44.7 Å². The molecule has 1 aromatic carbocycles. The summed E-state index contributed by atoms with van der Waals surface area (Å²) in [4.78, 5) is 4.28. The highest BCUT2D eigenvalue weighted by Crippen LogP contribution is 2.42. The Morgan fingerprint density at radius 1 is 1.41 bits per heavy atom. The second-order valence-electron chi connectivity index (χ2n) is 6.20. The molecule has 0 saturated carbocycles. The Balaban J connectivity index is 1.76. The molecular formula is C17H19Cl2NO5S2. The number of thiazole rings is 1. The first-order valence-electron chi connectivity index (χ1n) is 8.27. The Labute approximate surface area is 172 Å². The Morgan fingerprint density at radius 3 is 2.89 bits per heavy atom. The molecule has 10 heteroatoms. The molecule has 2 atom stereocenters. The molecule has 1 aliphatic rings. The van der Waals surface area contributed by atoms with Gasteiger partial charge in [-0.15, -0.1) is 11.3 Å². The predicted molar refractivity (Wildman–Crippen MR) is 105 cm³/mol. The van der Waals surface area contributed by atoms with Crippen molar-refractivity contribution < 1.29 is 22.1 Å². The number of aryl methyl sites for hydroxylation is 1. The lowest BCUT2D eigenvalue weighted by Gasteiger charge is -2.29. The van der Waals surface area contributed by atoms with Crippen molar-refractivity contribution in [3.05, 3.63) is 50.4 Å². The number of ether oxygens (including phenoxy) is 2. The first-order chi connectivity index (χ1) is 12.8. The molecule has 1 saturated heterocycles. The van der Waals surface area contributed by atoms with Crippen LogP contribution in [0.5, 0.6) is 0 Å². The van der Waals surface area contributed by atoms with Crippen LogP contribution < -0.4 is 0 Å². The standard InChI is InChI=1S/C17H19Cl2NO5S2/c1-27(21,22)24-11-13-10-23-17(25-13,6-2-3-16-20-7-8-26-16)14-5-4-12(18)9-15(14)19/h4-5,7-9,13H,2-3,6,10-11H2,1H3/t13-,17+/m1/s1. The molecule has 0 aliphatic carbocycles. The minimum atomic E-state index is -3.56. The van der Waals surface area contributed by atoms with E-state index in [0.717, 1.165) is 24.1 Å². The summed E-state index contributed by atoms with van der Waals surface area (Å²) in [6.07, 6.45) is 4.32. The fourth-order valence-corrected chi connectivity index (χ4v) is 4.51. The number of halogens is 2. The summed E-state index contributed by atoms with van der Waals surface area (Å²) in [6.45, 7) is 0.0873. The largest absolute Gasteiger partial charge is 0.343 e. The lowest BCUT2D eigenvalue weighted by molar-refractivity contribution is -0.184. The fraction of sp³-hybridized carbons (Fsp3) is 0.471. The van der Waals surface area contributed by atoms with Gasteiger partial charge in [0.25, 0.3) is 10.1 Å². The number of nitrogens with zero attached hydrogens (tertiary/aromatic N) is 1. The first-order valence-corrected chi connectivity index (χ1v) is 11.7. The van der Waals surface area contributed by atoms with E-state index in [1.165, 1.54) is 0 Å². The number of aromatic nitrogens is 1. The van der Waals surface area contributed by atoms with Crippen LogP contribution in [0.2, 0.25) is 10.0 Å². The zero-order valence-electron chi connectivity index (χ0n) is 14.6. The van der Waals surface area contributed by atoms with Gasteiger partial charge in [0, 0.05) is 28.6 Å². The molecule has 0 bridgehead atoms. The summed E-state index contributed by atoms with van der Waals surface area (Å²) in [5.41, 5.74) is 0.662. The minimum absolute atomic E-state index is 0.113. The molecule has 0 radical (unpaired) electrons. The normalized spacial score (nSPS) is 23.0. The summed E-state index contributed by atoms with van der Waals surface area (Å²) in [7, 11) is -3.56. The van der Waals surface area contributed by atoms with Crippen LogP contribution in [0.4, 0.5) is 0 Å². The number of hydrogen-bond acceptors (Lipinski definition) is 7. The van der Waals surface area contributed by atoms with E-state index in [9.17, 15) is 8.42 Å². The van der Waals surface area contributed by atoms with E-state index < -0.39 is 22.0 Å². The number of rotatable bonds is 8. The van der Waals surface area contributed by atoms with Crippen molar-refractivity contribution in [2.45, 2.75) is 31.2 Å². The molecule has 27 heavy (non-hydrogen) atoms. The molecule has 0 unspecified atom stereocenters. The monoisotopic (exact) mass is 451 g/mol. The molecule has 2 heterocycles. The lowest BCUT2D eigenvalue weighted by Crippen LogP contribution is -2.30. The van der Waals surface area contributed by atoms with E-state index in [0.29, 0.717) is 22.0 Å². The summed E-state index contributed by atoms with van der Waals surface area (Å²) >= 11 is 14.0. The SMILES string of the molecule is CS(=O)(=O)OC[C@H]1CO[C@](CCCc2nccs2)(c2ccc(Cl)cc2Cl)O1. The van der Waals surface area contributed by atoms with Gasteiger partial charge in [0.2, 0.25) is 0 Å². The fourth-order valence-electron chi connectivity index (χ4n) is 2.90. The molecule has 0 amide bonds. The average molecular weight is 452 g/mol. The summed E-state index contributed by atoms with van der Waals surface area (Å²) in [6, 6.07) is 5.13. The van der Waals surface area contributed by atoms with Crippen molar-refractivity contribution in [3.8, 4) is 0 Å². The second-order valence-corrected chi connectivity index (χ2v) is 9.66. The van der Waals surface area contributed by atoms with Crippen LogP contribution in [-0.2, 0) is 36.0 Å². The summed E-state index contributed by atoms with van der Waals surface area (Å²) in [5.74, 6) is -1.08. The summed E-state index contributed by atoms with van der Waals surface area (Å²) in [5, 5.41) is 3.91. The highest BCUT2D eigenvalue weighted by Gasteiger charge is 2.44. The van der Waals surface area contributed by atoms with Crippen molar-refractivity contribution in [2.24, 2.45) is 0 Å². The van der Waals surface area contributed by atoms with Crippen LogP contribution in [0.1, 0.15) is 23.4 Å². The molecule has 0 spiro atoms. The van der Waals surface area contributed by atoms with E-state index in [2.05, 4.69) is 4.98 Å². The maximum Gasteiger partial charge on any atom is 0.264 e. The highest BCUT2D eigenvalue weighted by atomic mass is 35.5. The second kappa shape index (κ2) is 8.73. The Morgan fingerprint density at radius 2 is 2.22 bits per heavy atom. The van der Waals surface area contributed by atoms with Gasteiger partial charge in [-0.3, -0.25) is 4.18 Å². The maximum absolute atomic E-state index is 11.3. The van der Waals surface area contributed by atoms with Crippen molar-refractivity contribution in [1.82, 2.24) is 4.98 Å². The van der Waals surface area contributed by atoms with Crippen molar-refractivity contribution in [1.29, 1.82) is 0 Å². The van der Waals surface area contributed by atoms with Gasteiger partial charge >= 0.3 is 0 Å². The van der Waals surface area contributed by atoms with Gasteiger partial charge in [-0.05, 0) is 25.0 Å². The molecule has 1 aromatic heterocycles. The zero-order valence-corrected chi connectivity index (χ0v) is 17.7. The van der Waals surface area contributed by atoms with E-state index in [1.54, 1.807) is 35.7 Å². The summed E-state index contributed by atoms with van der Waals surface area (Å²) < 4.78 is 39.5. The molecule has 2 aromatic rings. The third-order valence-corrected chi connectivity index (χ3v) is 6.00. The molecule has 1 fully saturated rings. The minimum Gasteiger partial charge on any atom is -0.343 e. The van der Waals surface area contributed by atoms with Crippen LogP contribution in [0.15, 0.2) is 29.8 Å². The van der Waals surface area contributed by atoms with E-state index in [4.69, 9.17) is 36.9 Å². The van der Waals surface area contributed by atoms with Crippen LogP contribution in [0.3, 0.4) is 0 Å². The smallest absolute Gasteiger partial charge is 0.264 e. The van der Waals surface area contributed by atoms with Crippen LogP contribution in [0, 0.1) is 0 Å². The molecule has 6 nitrogen and oxygen atoms in total. The third kappa shape index (κ3) is 5.63. The van der Waals surface area contributed by atoms with Crippen LogP contribution >= 0.6 is 34.5 Å². The highest BCUT2D eigenvalue weighted by molar-refractivity contribution is 7.85. The Bertz CT molecular complexity index is 875. The topological polar surface area (TPSA) is 74.7 Å². The number of benzene rings is 1. The van der Waals surface area contributed by atoms with Gasteiger partial charge in [0.15, 0.2) is 5.79 Å². The van der Waals surface area contributed by atoms with Gasteiger partial charge in [-0.2, -0.15) is 8.42 Å². The van der Waals surface area contributed by atoms with Gasteiger partial charge in [0.05, 0.1) is 29.5 Å². The first kappa shape index (κ1) is 21.0. The Kier molecular flexibility index (Phi) is 6.79. The van der Waals surface area contributed by atoms with Gasteiger partial charge < -0.3 is 9.47 Å². The number of hydrogen-bond donors (Lipinski definition) is 0. The Hall–Kier alpha value is -0.740. The van der Waals surface area contributed by atoms with Crippen molar-refractivity contribution in [3.63, 3.8) is 0 Å². The zero-order chi connectivity index (χ0) is 19.5.